The Hall–Kier alpha value is -3.92. The molecule has 0 bridgehead atoms. The van der Waals surface area contributed by atoms with E-state index in [1.807, 2.05) is 11.5 Å². The van der Waals surface area contributed by atoms with Gasteiger partial charge >= 0.3 is 0 Å². The van der Waals surface area contributed by atoms with Crippen LogP contribution in [0.15, 0.2) is 84.6 Å². The zero-order valence-electron chi connectivity index (χ0n) is 22.3. The van der Waals surface area contributed by atoms with Gasteiger partial charge in [0.25, 0.3) is 0 Å². The van der Waals surface area contributed by atoms with Crippen LogP contribution in [0.1, 0.15) is 30.7 Å². The van der Waals surface area contributed by atoms with E-state index in [0.717, 1.165) is 86.2 Å². The molecule has 0 spiro atoms. The summed E-state index contributed by atoms with van der Waals surface area (Å²) in [5.74, 6) is -0.464. The summed E-state index contributed by atoms with van der Waals surface area (Å²) in [6.45, 7) is 3.95. The van der Waals surface area contributed by atoms with Crippen molar-refractivity contribution in [1.29, 1.82) is 0 Å². The molecule has 0 saturated heterocycles. The lowest BCUT2D eigenvalue weighted by Crippen LogP contribution is -1.94. The van der Waals surface area contributed by atoms with E-state index >= 15 is 0 Å². The predicted octanol–water partition coefficient (Wildman–Crippen LogP) is 8.43. The minimum absolute atomic E-state index is 0.197. The zero-order chi connectivity index (χ0) is 28.6. The van der Waals surface area contributed by atoms with Crippen LogP contribution in [-0.2, 0) is 12.8 Å². The molecule has 0 fully saturated rings. The lowest BCUT2D eigenvalue weighted by molar-refractivity contribution is 0.284. The number of hydrogen-bond acceptors (Lipinski definition) is 7. The van der Waals surface area contributed by atoms with Gasteiger partial charge in [-0.25, -0.2) is 28.7 Å². The van der Waals surface area contributed by atoms with E-state index < -0.39 is 0 Å². The van der Waals surface area contributed by atoms with Gasteiger partial charge in [0.2, 0.25) is 0 Å². The van der Waals surface area contributed by atoms with Gasteiger partial charge in [0.15, 0.2) is 0 Å². The number of thiophene rings is 2. The average Bonchev–Trinajstić information content (AvgIpc) is 3.63. The molecule has 0 aliphatic heterocycles. The summed E-state index contributed by atoms with van der Waals surface area (Å²) in [4.78, 5) is 19.3. The molecule has 1 N–H and O–H groups in total. The van der Waals surface area contributed by atoms with E-state index in [1.165, 1.54) is 24.3 Å². The molecular weight excluding hydrogens is 559 g/mol. The molecule has 0 aliphatic carbocycles. The molecule has 0 atom stereocenters. The van der Waals surface area contributed by atoms with Gasteiger partial charge in [-0.2, -0.15) is 0 Å². The summed E-state index contributed by atoms with van der Waals surface area (Å²) in [5, 5.41) is 15.1. The molecule has 9 heteroatoms. The molecule has 6 rings (SSSR count). The number of aromatic nitrogens is 4. The molecule has 0 aliphatic rings. The SMILES string of the molecule is C=CCCc1ncnc2scc(-c3ccc(F)cc3)c12.OCCCCc1ncnc2scc(-c3ccc(F)cc3)c12. The van der Waals surface area contributed by atoms with Crippen LogP contribution in [0.2, 0.25) is 0 Å². The summed E-state index contributed by atoms with van der Waals surface area (Å²) < 4.78 is 26.1. The molecule has 4 heterocycles. The Kier molecular flexibility index (Phi) is 9.51. The predicted molar refractivity (Wildman–Crippen MR) is 164 cm³/mol. The Morgan fingerprint density at radius 1 is 0.683 bits per heavy atom. The number of allylic oxidation sites excluding steroid dienone is 1. The zero-order valence-corrected chi connectivity index (χ0v) is 23.9. The molecule has 2 aromatic carbocycles. The summed E-state index contributed by atoms with van der Waals surface area (Å²) in [5.41, 5.74) is 6.11. The number of rotatable bonds is 9. The van der Waals surface area contributed by atoms with Crippen molar-refractivity contribution in [2.75, 3.05) is 6.61 Å². The standard InChI is InChI=1S/C16H15FN2OS.C16H13FN2S/c17-12-6-4-11(5-7-12)13-9-21-16-15(13)14(18-10-19-16)3-1-2-8-20;1-2-3-4-14-15-13(9-20-16(15)19-10-18-14)11-5-7-12(17)8-6-11/h4-7,9-10,20H,1-3,8H2;2,5-10H,1,3-4H2. The number of nitrogens with zero attached hydrogens (tertiary/aromatic N) is 4. The Labute approximate surface area is 244 Å². The van der Waals surface area contributed by atoms with E-state index in [4.69, 9.17) is 5.11 Å². The van der Waals surface area contributed by atoms with E-state index in [0.29, 0.717) is 0 Å². The third-order valence-corrected chi connectivity index (χ3v) is 8.39. The van der Waals surface area contributed by atoms with E-state index in [2.05, 4.69) is 31.9 Å². The van der Waals surface area contributed by atoms with Crippen molar-refractivity contribution in [3.8, 4) is 22.3 Å². The monoisotopic (exact) mass is 586 g/mol. The third-order valence-electron chi connectivity index (χ3n) is 6.61. The smallest absolute Gasteiger partial charge is 0.127 e. The molecule has 41 heavy (non-hydrogen) atoms. The van der Waals surface area contributed by atoms with Crippen LogP contribution in [0.4, 0.5) is 8.78 Å². The van der Waals surface area contributed by atoms with Gasteiger partial charge in [0.1, 0.15) is 33.9 Å². The van der Waals surface area contributed by atoms with E-state index in [9.17, 15) is 8.78 Å². The summed E-state index contributed by atoms with van der Waals surface area (Å²) in [6.07, 6.45) is 9.26. The highest BCUT2D eigenvalue weighted by Crippen LogP contribution is 2.36. The first-order chi connectivity index (χ1) is 20.1. The Balaban J connectivity index is 0.000000165. The molecule has 5 nitrogen and oxygen atoms in total. The molecule has 0 amide bonds. The lowest BCUT2D eigenvalue weighted by Gasteiger charge is -2.05. The third kappa shape index (κ3) is 6.70. The largest absolute Gasteiger partial charge is 0.396 e. The highest BCUT2D eigenvalue weighted by molar-refractivity contribution is 7.17. The molecule has 0 radical (unpaired) electrons. The quantitative estimate of drug-likeness (QED) is 0.136. The second kappa shape index (κ2) is 13.6. The van der Waals surface area contributed by atoms with Crippen molar-refractivity contribution >= 4 is 43.1 Å². The van der Waals surface area contributed by atoms with Crippen LogP contribution in [0, 0.1) is 11.6 Å². The topological polar surface area (TPSA) is 71.8 Å². The van der Waals surface area contributed by atoms with Crippen LogP contribution in [0.3, 0.4) is 0 Å². The minimum Gasteiger partial charge on any atom is -0.396 e. The number of benzene rings is 2. The van der Waals surface area contributed by atoms with Crippen LogP contribution in [0.5, 0.6) is 0 Å². The van der Waals surface area contributed by atoms with Gasteiger partial charge in [0.05, 0.1) is 11.4 Å². The van der Waals surface area contributed by atoms with Gasteiger partial charge in [-0.1, -0.05) is 30.3 Å². The normalized spacial score (nSPS) is 11.0. The molecule has 0 unspecified atom stereocenters. The number of hydrogen-bond donors (Lipinski definition) is 1. The van der Waals surface area contributed by atoms with Crippen molar-refractivity contribution < 1.29 is 13.9 Å². The summed E-state index contributed by atoms with van der Waals surface area (Å²) in [6, 6.07) is 13.0. The molecule has 0 saturated carbocycles. The maximum absolute atomic E-state index is 13.1. The van der Waals surface area contributed by atoms with Gasteiger partial charge < -0.3 is 5.11 Å². The van der Waals surface area contributed by atoms with Gasteiger partial charge in [-0.05, 0) is 67.5 Å². The number of aliphatic hydroxyl groups excluding tert-OH is 1. The minimum atomic E-state index is -0.238. The van der Waals surface area contributed by atoms with Crippen molar-refractivity contribution in [3.05, 3.63) is 108 Å². The van der Waals surface area contributed by atoms with Crippen LogP contribution in [0.25, 0.3) is 42.7 Å². The molecule has 6 aromatic rings. The van der Waals surface area contributed by atoms with Crippen LogP contribution >= 0.6 is 22.7 Å². The number of halogens is 2. The first-order valence-corrected chi connectivity index (χ1v) is 15.0. The molecule has 208 valence electrons. The first-order valence-electron chi connectivity index (χ1n) is 13.2. The van der Waals surface area contributed by atoms with E-state index in [1.54, 1.807) is 59.6 Å². The average molecular weight is 587 g/mol. The van der Waals surface area contributed by atoms with Crippen LogP contribution < -0.4 is 0 Å². The van der Waals surface area contributed by atoms with Crippen molar-refractivity contribution in [2.45, 2.75) is 32.1 Å². The second-order valence-corrected chi connectivity index (χ2v) is 11.0. The summed E-state index contributed by atoms with van der Waals surface area (Å²) >= 11 is 3.16. The Morgan fingerprint density at radius 2 is 1.17 bits per heavy atom. The highest BCUT2D eigenvalue weighted by Gasteiger charge is 2.14. The van der Waals surface area contributed by atoms with Crippen LogP contribution in [-0.4, -0.2) is 31.6 Å². The molecular formula is C32H28F2N4OS2. The Morgan fingerprint density at radius 3 is 1.63 bits per heavy atom. The summed E-state index contributed by atoms with van der Waals surface area (Å²) in [7, 11) is 0. The highest BCUT2D eigenvalue weighted by atomic mass is 32.1. The fourth-order valence-corrected chi connectivity index (χ4v) is 6.45. The lowest BCUT2D eigenvalue weighted by atomic mass is 10.0. The first kappa shape index (κ1) is 28.6. The van der Waals surface area contributed by atoms with Crippen molar-refractivity contribution in [1.82, 2.24) is 19.9 Å². The Bertz CT molecular complexity index is 1750. The van der Waals surface area contributed by atoms with Crippen molar-refractivity contribution in [2.24, 2.45) is 0 Å². The van der Waals surface area contributed by atoms with E-state index in [-0.39, 0.29) is 18.2 Å². The second-order valence-electron chi connectivity index (χ2n) is 9.32. The number of unbranched alkanes of at least 4 members (excludes halogenated alkanes) is 1. The fourth-order valence-electron chi connectivity index (χ4n) is 4.58. The van der Waals surface area contributed by atoms with Gasteiger partial charge in [-0.3, -0.25) is 0 Å². The maximum Gasteiger partial charge on any atom is 0.127 e. The fraction of sp³-hybridized carbons (Fsp3) is 0.188. The van der Waals surface area contributed by atoms with Crippen molar-refractivity contribution in [3.63, 3.8) is 0 Å². The number of fused-ring (bicyclic) bond motifs is 2. The number of aliphatic hydroxyl groups is 1. The maximum atomic E-state index is 13.1. The molecule has 4 aromatic heterocycles. The van der Waals surface area contributed by atoms with Gasteiger partial charge in [-0.15, -0.1) is 29.3 Å². The van der Waals surface area contributed by atoms with Gasteiger partial charge in [0, 0.05) is 39.3 Å². The number of aryl methyl sites for hydroxylation is 2.